The minimum absolute atomic E-state index is 0.212. The van der Waals surface area contributed by atoms with E-state index in [1.54, 1.807) is 17.4 Å². The highest BCUT2D eigenvalue weighted by Crippen LogP contribution is 2.37. The number of hydrogen-bond donors (Lipinski definition) is 0. The molecule has 1 aliphatic rings. The summed E-state index contributed by atoms with van der Waals surface area (Å²) >= 11 is 1.71. The van der Waals surface area contributed by atoms with Gasteiger partial charge in [0.25, 0.3) is 0 Å². The first kappa shape index (κ1) is 32.4. The molecule has 2 heterocycles. The molecule has 6 heteroatoms. The van der Waals surface area contributed by atoms with E-state index < -0.39 is 6.10 Å². The maximum absolute atomic E-state index is 15.3. The smallest absolute Gasteiger partial charge is 0.126 e. The van der Waals surface area contributed by atoms with Crippen molar-refractivity contribution in [2.45, 2.75) is 57.1 Å². The number of rotatable bonds is 13. The Labute approximate surface area is 285 Å². The van der Waals surface area contributed by atoms with Crippen LogP contribution in [0.25, 0.3) is 10.1 Å². The van der Waals surface area contributed by atoms with Crippen LogP contribution in [0.1, 0.15) is 45.2 Å². The van der Waals surface area contributed by atoms with Crippen LogP contribution in [0, 0.1) is 5.82 Å². The summed E-state index contributed by atoms with van der Waals surface area (Å²) in [7, 11) is 0. The van der Waals surface area contributed by atoms with Gasteiger partial charge in [-0.15, -0.1) is 11.3 Å². The van der Waals surface area contributed by atoms with Crippen LogP contribution in [0.2, 0.25) is 0 Å². The summed E-state index contributed by atoms with van der Waals surface area (Å²) in [6.07, 6.45) is -0.308. The molecule has 1 aromatic heterocycles. The second kappa shape index (κ2) is 15.8. The van der Waals surface area contributed by atoms with Gasteiger partial charge in [-0.2, -0.15) is 0 Å². The molecule has 0 amide bonds. The fourth-order valence-corrected chi connectivity index (χ4v) is 7.40. The normalized spacial score (nSPS) is 19.4. The van der Waals surface area contributed by atoms with Gasteiger partial charge >= 0.3 is 0 Å². The second-order valence-electron chi connectivity index (χ2n) is 12.3. The van der Waals surface area contributed by atoms with Gasteiger partial charge in [-0.3, -0.25) is 0 Å². The van der Waals surface area contributed by atoms with Gasteiger partial charge in [0.1, 0.15) is 18.0 Å². The predicted molar refractivity (Wildman–Crippen MR) is 189 cm³/mol. The van der Waals surface area contributed by atoms with Gasteiger partial charge < -0.3 is 18.9 Å². The van der Waals surface area contributed by atoms with Crippen LogP contribution in [0.5, 0.6) is 0 Å². The topological polar surface area (TPSA) is 36.9 Å². The van der Waals surface area contributed by atoms with E-state index in [9.17, 15) is 0 Å². The van der Waals surface area contributed by atoms with E-state index in [4.69, 9.17) is 18.9 Å². The van der Waals surface area contributed by atoms with Crippen molar-refractivity contribution in [3.8, 4) is 0 Å². The third kappa shape index (κ3) is 8.27. The number of benzene rings is 5. The quantitative estimate of drug-likeness (QED) is 0.124. The standard InChI is InChI=1S/C42H39FO4S/c43-37-21-20-33(22-35(37)24-36-23-34-18-10-11-19-41(34)48-36)38-25-39(45-27-31-14-6-2-7-15-31)42(46-28-32-16-8-3-9-17-32)40(47-38)29-44-26-30-12-4-1-5-13-30/h1-23,38-40,42H,24-29H2/t38-,39?,40?,42+/m1/s1. The lowest BCUT2D eigenvalue weighted by molar-refractivity contribution is -0.222. The first-order valence-corrected chi connectivity index (χ1v) is 17.3. The van der Waals surface area contributed by atoms with E-state index in [1.807, 2.05) is 78.9 Å². The molecule has 6 aromatic rings. The molecular weight excluding hydrogens is 620 g/mol. The Morgan fingerprint density at radius 1 is 0.667 bits per heavy atom. The molecule has 0 bridgehead atoms. The third-order valence-electron chi connectivity index (χ3n) is 8.79. The third-order valence-corrected chi connectivity index (χ3v) is 9.90. The summed E-state index contributed by atoms with van der Waals surface area (Å²) in [4.78, 5) is 1.13. The maximum atomic E-state index is 15.3. The van der Waals surface area contributed by atoms with Crippen molar-refractivity contribution in [2.75, 3.05) is 6.61 Å². The van der Waals surface area contributed by atoms with Crippen molar-refractivity contribution in [3.63, 3.8) is 0 Å². The van der Waals surface area contributed by atoms with Gasteiger partial charge in [0.05, 0.1) is 38.6 Å². The molecule has 1 saturated heterocycles. The number of hydrogen-bond acceptors (Lipinski definition) is 5. The molecule has 1 aliphatic heterocycles. The molecule has 7 rings (SSSR count). The molecule has 0 N–H and O–H groups in total. The van der Waals surface area contributed by atoms with Crippen LogP contribution < -0.4 is 0 Å². The van der Waals surface area contributed by atoms with Gasteiger partial charge in [-0.05, 0) is 57.5 Å². The van der Waals surface area contributed by atoms with Crippen LogP contribution in [0.3, 0.4) is 0 Å². The van der Waals surface area contributed by atoms with Crippen LogP contribution in [0.4, 0.5) is 4.39 Å². The monoisotopic (exact) mass is 658 g/mol. The van der Waals surface area contributed by atoms with E-state index in [1.165, 1.54) is 10.1 Å². The van der Waals surface area contributed by atoms with E-state index in [2.05, 4.69) is 54.6 Å². The van der Waals surface area contributed by atoms with Crippen LogP contribution in [0.15, 0.2) is 140 Å². The Bertz CT molecular complexity index is 1850. The average molecular weight is 659 g/mol. The molecule has 0 spiro atoms. The highest BCUT2D eigenvalue weighted by atomic mass is 32.1. The summed E-state index contributed by atoms with van der Waals surface area (Å²) in [5.74, 6) is -0.212. The Hall–Kier alpha value is -4.17. The zero-order chi connectivity index (χ0) is 32.5. The lowest BCUT2D eigenvalue weighted by Crippen LogP contribution is -2.50. The van der Waals surface area contributed by atoms with Gasteiger partial charge in [0, 0.05) is 22.4 Å². The van der Waals surface area contributed by atoms with Gasteiger partial charge in [0.15, 0.2) is 0 Å². The minimum atomic E-state index is -0.409. The summed E-state index contributed by atoms with van der Waals surface area (Å²) in [5, 5.41) is 1.18. The molecule has 0 aliphatic carbocycles. The van der Waals surface area contributed by atoms with E-state index in [0.717, 1.165) is 27.1 Å². The van der Waals surface area contributed by atoms with Crippen molar-refractivity contribution < 1.29 is 23.3 Å². The Balaban J connectivity index is 1.15. The SMILES string of the molecule is Fc1ccc([C@H]2CC(OCc3ccccc3)[C@H](OCc3ccccc3)C(COCc3ccccc3)O2)cc1Cc1cc2ccccc2s1. The molecule has 5 aromatic carbocycles. The lowest BCUT2D eigenvalue weighted by atomic mass is 9.92. The van der Waals surface area contributed by atoms with E-state index in [-0.39, 0.29) is 24.1 Å². The zero-order valence-corrected chi connectivity index (χ0v) is 27.6. The van der Waals surface area contributed by atoms with Gasteiger partial charge in [-0.1, -0.05) is 115 Å². The summed E-state index contributed by atoms with van der Waals surface area (Å²) < 4.78 is 42.9. The number of ether oxygens (including phenoxy) is 4. The molecule has 48 heavy (non-hydrogen) atoms. The highest BCUT2D eigenvalue weighted by molar-refractivity contribution is 7.19. The van der Waals surface area contributed by atoms with Crippen molar-refractivity contribution in [2.24, 2.45) is 0 Å². The average Bonchev–Trinajstić information content (AvgIpc) is 3.55. The lowest BCUT2D eigenvalue weighted by Gasteiger charge is -2.42. The first-order chi connectivity index (χ1) is 23.7. The number of halogens is 1. The molecule has 244 valence electrons. The molecule has 4 atom stereocenters. The van der Waals surface area contributed by atoms with E-state index >= 15 is 4.39 Å². The Morgan fingerprint density at radius 2 is 1.29 bits per heavy atom. The second-order valence-corrected chi connectivity index (χ2v) is 13.4. The molecule has 4 nitrogen and oxygen atoms in total. The highest BCUT2D eigenvalue weighted by Gasteiger charge is 2.41. The molecule has 1 fully saturated rings. The molecule has 0 radical (unpaired) electrons. The van der Waals surface area contributed by atoms with Crippen LogP contribution in [-0.2, 0) is 45.2 Å². The zero-order valence-electron chi connectivity index (χ0n) is 26.8. The van der Waals surface area contributed by atoms with E-state index in [0.29, 0.717) is 44.8 Å². The fourth-order valence-electron chi connectivity index (χ4n) is 6.31. The predicted octanol–water partition coefficient (Wildman–Crippen LogP) is 9.85. The number of fused-ring (bicyclic) bond motifs is 1. The molecular formula is C42H39FO4S. The van der Waals surface area contributed by atoms with Gasteiger partial charge in [0.2, 0.25) is 0 Å². The molecule has 2 unspecified atom stereocenters. The van der Waals surface area contributed by atoms with Crippen LogP contribution >= 0.6 is 11.3 Å². The first-order valence-electron chi connectivity index (χ1n) is 16.5. The molecule has 0 saturated carbocycles. The van der Waals surface area contributed by atoms with Crippen molar-refractivity contribution in [3.05, 3.63) is 178 Å². The van der Waals surface area contributed by atoms with Crippen molar-refractivity contribution in [1.82, 2.24) is 0 Å². The summed E-state index contributed by atoms with van der Waals surface area (Å²) in [5.41, 5.74) is 4.84. The summed E-state index contributed by atoms with van der Waals surface area (Å²) in [6.45, 7) is 1.66. The van der Waals surface area contributed by atoms with Crippen LogP contribution in [-0.4, -0.2) is 24.9 Å². The van der Waals surface area contributed by atoms with Gasteiger partial charge in [-0.25, -0.2) is 4.39 Å². The number of thiophene rings is 1. The summed E-state index contributed by atoms with van der Waals surface area (Å²) in [6, 6.07) is 46.3. The Kier molecular flexibility index (Phi) is 10.7. The minimum Gasteiger partial charge on any atom is -0.374 e. The fraction of sp³-hybridized carbons (Fsp3) is 0.238. The van der Waals surface area contributed by atoms with Crippen molar-refractivity contribution >= 4 is 21.4 Å². The largest absolute Gasteiger partial charge is 0.374 e. The Morgan fingerprint density at radius 3 is 1.98 bits per heavy atom. The maximum Gasteiger partial charge on any atom is 0.126 e. The van der Waals surface area contributed by atoms with Crippen molar-refractivity contribution in [1.29, 1.82) is 0 Å².